The Labute approximate surface area is 152 Å². The van der Waals surface area contributed by atoms with Crippen molar-refractivity contribution in [2.24, 2.45) is 10.1 Å². The summed E-state index contributed by atoms with van der Waals surface area (Å²) in [6.07, 6.45) is 0. The molecule has 0 aliphatic rings. The fourth-order valence-electron chi connectivity index (χ4n) is 2.26. The number of hydrogen-bond acceptors (Lipinski definition) is 6. The van der Waals surface area contributed by atoms with Crippen LogP contribution in [0.15, 0.2) is 45.6 Å². The van der Waals surface area contributed by atoms with Crippen molar-refractivity contribution >= 4 is 48.8 Å². The molecule has 2 aromatic heterocycles. The molecule has 0 fully saturated rings. The summed E-state index contributed by atoms with van der Waals surface area (Å²) >= 11 is 2.55. The number of aromatic nitrogens is 1. The molecule has 1 aromatic carbocycles. The minimum absolute atomic E-state index is 0.0243. The number of amides is 1. The summed E-state index contributed by atoms with van der Waals surface area (Å²) in [6, 6.07) is 8.10. The van der Waals surface area contributed by atoms with Crippen LogP contribution in [0.25, 0.3) is 10.2 Å². The quantitative estimate of drug-likeness (QED) is 0.709. The van der Waals surface area contributed by atoms with Crippen LogP contribution in [0.2, 0.25) is 0 Å². The second kappa shape index (κ2) is 7.18. The zero-order chi connectivity index (χ0) is 18.0. The molecule has 3 rings (SSSR count). The first-order valence-electron chi connectivity index (χ1n) is 7.18. The van der Waals surface area contributed by atoms with Gasteiger partial charge in [0.2, 0.25) is 10.0 Å². The molecular weight excluding hydrogens is 382 g/mol. The Morgan fingerprint density at radius 2 is 2.16 bits per heavy atom. The van der Waals surface area contributed by atoms with E-state index in [-0.39, 0.29) is 10.8 Å². The zero-order valence-corrected chi connectivity index (χ0v) is 15.7. The standard InChI is InChI=1S/C15H15N3O4S3/c1-22-7-6-18-11-5-4-10(25(16,20)21)9-13(11)24-15(18)17-14(19)12-3-2-8-23-12/h2-5,8-9H,6-7H2,1H3,(H2,16,20,21). The highest BCUT2D eigenvalue weighted by atomic mass is 32.2. The van der Waals surface area contributed by atoms with E-state index < -0.39 is 10.0 Å². The first kappa shape index (κ1) is 18.0. The van der Waals surface area contributed by atoms with Crippen molar-refractivity contribution in [3.63, 3.8) is 0 Å². The Morgan fingerprint density at radius 1 is 1.36 bits per heavy atom. The van der Waals surface area contributed by atoms with Crippen LogP contribution in [0.5, 0.6) is 0 Å². The lowest BCUT2D eigenvalue weighted by Gasteiger charge is -2.04. The fraction of sp³-hybridized carbons (Fsp3) is 0.200. The van der Waals surface area contributed by atoms with E-state index in [4.69, 9.17) is 9.88 Å². The number of benzene rings is 1. The minimum Gasteiger partial charge on any atom is -0.383 e. The van der Waals surface area contributed by atoms with Crippen molar-refractivity contribution in [1.82, 2.24) is 4.57 Å². The number of fused-ring (bicyclic) bond motifs is 1. The van der Waals surface area contributed by atoms with Gasteiger partial charge in [-0.15, -0.1) is 11.3 Å². The third-order valence-electron chi connectivity index (χ3n) is 3.43. The van der Waals surface area contributed by atoms with Crippen LogP contribution in [0.1, 0.15) is 9.67 Å². The lowest BCUT2D eigenvalue weighted by Crippen LogP contribution is -2.19. The molecule has 0 spiro atoms. The predicted molar refractivity (Wildman–Crippen MR) is 97.3 cm³/mol. The van der Waals surface area contributed by atoms with Gasteiger partial charge in [0, 0.05) is 13.7 Å². The maximum atomic E-state index is 12.3. The van der Waals surface area contributed by atoms with E-state index in [0.29, 0.717) is 27.5 Å². The van der Waals surface area contributed by atoms with Gasteiger partial charge in [-0.2, -0.15) is 4.99 Å². The topological polar surface area (TPSA) is 104 Å². The fourth-order valence-corrected chi connectivity index (χ4v) is 4.57. The van der Waals surface area contributed by atoms with Gasteiger partial charge >= 0.3 is 0 Å². The van der Waals surface area contributed by atoms with Gasteiger partial charge in [-0.25, -0.2) is 13.6 Å². The summed E-state index contributed by atoms with van der Waals surface area (Å²) in [5, 5.41) is 7.00. The van der Waals surface area contributed by atoms with E-state index in [1.807, 2.05) is 9.95 Å². The van der Waals surface area contributed by atoms with Gasteiger partial charge in [-0.1, -0.05) is 17.4 Å². The maximum absolute atomic E-state index is 12.3. The molecule has 2 N–H and O–H groups in total. The Morgan fingerprint density at radius 3 is 2.80 bits per heavy atom. The molecule has 0 aliphatic carbocycles. The number of primary sulfonamides is 1. The van der Waals surface area contributed by atoms with Crippen LogP contribution < -0.4 is 9.94 Å². The Hall–Kier alpha value is -1.85. The van der Waals surface area contributed by atoms with Crippen molar-refractivity contribution in [2.75, 3.05) is 13.7 Å². The molecule has 0 bridgehead atoms. The van der Waals surface area contributed by atoms with Crippen molar-refractivity contribution in [3.8, 4) is 0 Å². The lowest BCUT2D eigenvalue weighted by atomic mass is 10.3. The van der Waals surface area contributed by atoms with E-state index in [1.54, 1.807) is 25.3 Å². The van der Waals surface area contributed by atoms with E-state index >= 15 is 0 Å². The SMILES string of the molecule is COCCn1c(=NC(=O)c2cccs2)sc2cc(S(N)(=O)=O)ccc21. The molecule has 2 heterocycles. The molecular formula is C15H15N3O4S3. The molecule has 0 saturated carbocycles. The zero-order valence-electron chi connectivity index (χ0n) is 13.2. The van der Waals surface area contributed by atoms with E-state index in [2.05, 4.69) is 4.99 Å². The molecule has 7 nitrogen and oxygen atoms in total. The number of ether oxygens (including phenoxy) is 1. The Bertz CT molecular complexity index is 1080. The smallest absolute Gasteiger partial charge is 0.289 e. The summed E-state index contributed by atoms with van der Waals surface area (Å²) in [5.41, 5.74) is 0.771. The molecule has 0 unspecified atom stereocenters. The third kappa shape index (κ3) is 3.88. The van der Waals surface area contributed by atoms with Gasteiger partial charge in [0.25, 0.3) is 5.91 Å². The molecule has 0 radical (unpaired) electrons. The summed E-state index contributed by atoms with van der Waals surface area (Å²) in [4.78, 5) is 17.5. The number of nitrogens with two attached hydrogens (primary N) is 1. The van der Waals surface area contributed by atoms with E-state index in [1.165, 1.54) is 34.8 Å². The summed E-state index contributed by atoms with van der Waals surface area (Å²) in [7, 11) is -2.21. The molecule has 0 saturated heterocycles. The Balaban J connectivity index is 2.17. The number of thiazole rings is 1. The molecule has 0 aliphatic heterocycles. The van der Waals surface area contributed by atoms with Crippen LogP contribution in [-0.4, -0.2) is 32.6 Å². The van der Waals surface area contributed by atoms with Crippen molar-refractivity contribution < 1.29 is 17.9 Å². The highest BCUT2D eigenvalue weighted by Gasteiger charge is 2.13. The first-order valence-corrected chi connectivity index (χ1v) is 10.4. The highest BCUT2D eigenvalue weighted by Crippen LogP contribution is 2.21. The number of sulfonamides is 1. The van der Waals surface area contributed by atoms with Gasteiger partial charge in [0.05, 0.1) is 26.6 Å². The van der Waals surface area contributed by atoms with Crippen LogP contribution in [0.3, 0.4) is 0 Å². The van der Waals surface area contributed by atoms with Crippen molar-refractivity contribution in [1.29, 1.82) is 0 Å². The number of carbonyl (C=O) groups excluding carboxylic acids is 1. The minimum atomic E-state index is -3.80. The van der Waals surface area contributed by atoms with Crippen LogP contribution >= 0.6 is 22.7 Å². The van der Waals surface area contributed by atoms with Gasteiger partial charge in [0.15, 0.2) is 4.80 Å². The Kier molecular flexibility index (Phi) is 5.16. The third-order valence-corrected chi connectivity index (χ3v) is 6.24. The van der Waals surface area contributed by atoms with Gasteiger partial charge < -0.3 is 9.30 Å². The monoisotopic (exact) mass is 397 g/mol. The number of thiophene rings is 1. The molecule has 1 amide bonds. The van der Waals surface area contributed by atoms with Crippen LogP contribution in [-0.2, 0) is 21.3 Å². The number of methoxy groups -OCH3 is 1. The van der Waals surface area contributed by atoms with Crippen molar-refractivity contribution in [3.05, 3.63) is 45.4 Å². The average Bonchev–Trinajstić information content (AvgIpc) is 3.19. The molecule has 0 atom stereocenters. The van der Waals surface area contributed by atoms with Crippen LogP contribution in [0.4, 0.5) is 0 Å². The summed E-state index contributed by atoms with van der Waals surface area (Å²) in [6.45, 7) is 0.922. The largest absolute Gasteiger partial charge is 0.383 e. The second-order valence-electron chi connectivity index (χ2n) is 5.10. The van der Waals surface area contributed by atoms with Crippen LogP contribution in [0, 0.1) is 0 Å². The number of hydrogen-bond donors (Lipinski definition) is 1. The van der Waals surface area contributed by atoms with Gasteiger partial charge in [-0.3, -0.25) is 4.79 Å². The first-order chi connectivity index (χ1) is 11.9. The maximum Gasteiger partial charge on any atom is 0.289 e. The lowest BCUT2D eigenvalue weighted by molar-refractivity contribution is 0.100. The van der Waals surface area contributed by atoms with Gasteiger partial charge in [0.1, 0.15) is 0 Å². The molecule has 132 valence electrons. The highest BCUT2D eigenvalue weighted by molar-refractivity contribution is 7.89. The summed E-state index contributed by atoms with van der Waals surface area (Å²) in [5.74, 6) is -0.334. The molecule has 3 aromatic rings. The normalized spacial score (nSPS) is 12.8. The number of nitrogens with zero attached hydrogens (tertiary/aromatic N) is 2. The van der Waals surface area contributed by atoms with E-state index in [0.717, 1.165) is 5.52 Å². The molecule has 10 heteroatoms. The number of carbonyl (C=O) groups is 1. The molecule has 25 heavy (non-hydrogen) atoms. The number of rotatable bonds is 5. The summed E-state index contributed by atoms with van der Waals surface area (Å²) < 4.78 is 30.7. The van der Waals surface area contributed by atoms with Crippen molar-refractivity contribution in [2.45, 2.75) is 11.4 Å². The predicted octanol–water partition coefficient (Wildman–Crippen LogP) is 1.80. The van der Waals surface area contributed by atoms with Gasteiger partial charge in [-0.05, 0) is 29.6 Å². The average molecular weight is 398 g/mol. The van der Waals surface area contributed by atoms with E-state index in [9.17, 15) is 13.2 Å². The second-order valence-corrected chi connectivity index (χ2v) is 8.62.